The van der Waals surface area contributed by atoms with E-state index in [1.54, 1.807) is 42.5 Å². The van der Waals surface area contributed by atoms with Gasteiger partial charge in [-0.05, 0) is 54.3 Å². The number of nitrogens with zero attached hydrogens (tertiary/aromatic N) is 3. The number of amides is 2. The Hall–Kier alpha value is -4.74. The third-order valence-corrected chi connectivity index (χ3v) is 10.5. The summed E-state index contributed by atoms with van der Waals surface area (Å²) in [5, 5.41) is 15.3. The fourth-order valence-corrected chi connectivity index (χ4v) is 7.45. The van der Waals surface area contributed by atoms with E-state index in [9.17, 15) is 28.1 Å². The normalized spacial score (nSPS) is 14.1. The van der Waals surface area contributed by atoms with Gasteiger partial charge in [0.2, 0.25) is 11.8 Å². The maximum atomic E-state index is 14.6. The van der Waals surface area contributed by atoms with E-state index in [1.807, 2.05) is 30.3 Å². The summed E-state index contributed by atoms with van der Waals surface area (Å²) >= 11 is 6.15. The van der Waals surface area contributed by atoms with Gasteiger partial charge in [0, 0.05) is 36.2 Å². The Bertz CT molecular complexity index is 1820. The van der Waals surface area contributed by atoms with E-state index in [0.717, 1.165) is 48.0 Å². The summed E-state index contributed by atoms with van der Waals surface area (Å²) in [5.41, 5.74) is 1.12. The molecule has 0 aromatic heterocycles. The van der Waals surface area contributed by atoms with Crippen LogP contribution in [0.25, 0.3) is 0 Å². The van der Waals surface area contributed by atoms with Crippen LogP contribution >= 0.6 is 11.6 Å². The number of nitrogens with one attached hydrogen (secondary N) is 1. The molecule has 2 amide bonds. The molecule has 0 saturated heterocycles. The van der Waals surface area contributed by atoms with Crippen LogP contribution in [0.15, 0.2) is 114 Å². The van der Waals surface area contributed by atoms with Crippen LogP contribution in [0.1, 0.15) is 43.2 Å². The lowest BCUT2D eigenvalue weighted by molar-refractivity contribution is -0.384. The standard InChI is InChI=1S/C36H37ClN4O6S/c37-29-21-19-28(20-22-29)25-39(34(23-27-11-4-1-5-12-27)36(43)38-30-13-6-2-7-14-30)35(42)26-40(31-15-10-16-32(24-31)41(44)45)48(46,47)33-17-8-3-9-18-33/h1,3-5,8-12,15-22,24,30,34H,2,6-7,13-14,23,25-26H2,(H,38,43)/t34-/m1/s1. The average Bonchev–Trinajstić information content (AvgIpc) is 3.10. The number of hydrogen-bond acceptors (Lipinski definition) is 6. The molecule has 0 bridgehead atoms. The summed E-state index contributed by atoms with van der Waals surface area (Å²) < 4.78 is 29.1. The van der Waals surface area contributed by atoms with Gasteiger partial charge in [0.1, 0.15) is 12.6 Å². The number of halogens is 1. The minimum Gasteiger partial charge on any atom is -0.352 e. The van der Waals surface area contributed by atoms with E-state index in [2.05, 4.69) is 5.32 Å². The number of non-ortho nitro benzene ring substituents is 1. The zero-order valence-corrected chi connectivity index (χ0v) is 27.9. The fourth-order valence-electron chi connectivity index (χ4n) is 5.89. The second-order valence-corrected chi connectivity index (χ2v) is 14.1. The first-order chi connectivity index (χ1) is 23.1. The van der Waals surface area contributed by atoms with Crippen molar-refractivity contribution in [1.29, 1.82) is 0 Å². The number of nitro groups is 1. The summed E-state index contributed by atoms with van der Waals surface area (Å²) in [6, 6.07) is 27.9. The molecule has 1 aliphatic rings. The third-order valence-electron chi connectivity index (χ3n) is 8.43. The molecular weight excluding hydrogens is 652 g/mol. The highest BCUT2D eigenvalue weighted by Crippen LogP contribution is 2.28. The molecule has 5 rings (SSSR count). The van der Waals surface area contributed by atoms with Gasteiger partial charge in [-0.2, -0.15) is 0 Å². The van der Waals surface area contributed by atoms with Crippen molar-refractivity contribution in [1.82, 2.24) is 10.2 Å². The molecule has 1 atom stereocenters. The monoisotopic (exact) mass is 688 g/mol. The van der Waals surface area contributed by atoms with E-state index >= 15 is 0 Å². The van der Waals surface area contributed by atoms with Gasteiger partial charge in [0.25, 0.3) is 15.7 Å². The van der Waals surface area contributed by atoms with Crippen LogP contribution in [-0.2, 0) is 32.6 Å². The van der Waals surface area contributed by atoms with Gasteiger partial charge in [0.05, 0.1) is 15.5 Å². The predicted molar refractivity (Wildman–Crippen MR) is 185 cm³/mol. The quantitative estimate of drug-likeness (QED) is 0.126. The summed E-state index contributed by atoms with van der Waals surface area (Å²) in [5.74, 6) is -0.989. The number of carbonyl (C=O) groups excluding carboxylic acids is 2. The van der Waals surface area contributed by atoms with Crippen LogP contribution in [0, 0.1) is 10.1 Å². The van der Waals surface area contributed by atoms with Gasteiger partial charge in [0.15, 0.2) is 0 Å². The van der Waals surface area contributed by atoms with Crippen molar-refractivity contribution in [3.8, 4) is 0 Å². The Morgan fingerprint density at radius 3 is 2.15 bits per heavy atom. The highest BCUT2D eigenvalue weighted by Gasteiger charge is 2.35. The first-order valence-corrected chi connectivity index (χ1v) is 17.6. The molecule has 10 nitrogen and oxygen atoms in total. The molecule has 1 saturated carbocycles. The van der Waals surface area contributed by atoms with Crippen molar-refractivity contribution in [2.24, 2.45) is 0 Å². The van der Waals surface area contributed by atoms with E-state index in [-0.39, 0.29) is 41.2 Å². The molecule has 48 heavy (non-hydrogen) atoms. The van der Waals surface area contributed by atoms with Crippen molar-refractivity contribution >= 4 is 44.8 Å². The molecule has 1 fully saturated rings. The van der Waals surface area contributed by atoms with Gasteiger partial charge < -0.3 is 10.2 Å². The van der Waals surface area contributed by atoms with Crippen molar-refractivity contribution in [3.63, 3.8) is 0 Å². The van der Waals surface area contributed by atoms with Gasteiger partial charge in [-0.15, -0.1) is 0 Å². The van der Waals surface area contributed by atoms with Crippen LogP contribution in [0.4, 0.5) is 11.4 Å². The molecule has 4 aromatic carbocycles. The number of nitro benzene ring substituents is 1. The zero-order valence-electron chi connectivity index (χ0n) is 26.3. The van der Waals surface area contributed by atoms with E-state index < -0.39 is 33.4 Å². The second-order valence-electron chi connectivity index (χ2n) is 11.8. The third kappa shape index (κ3) is 8.78. The van der Waals surface area contributed by atoms with Crippen LogP contribution in [0.2, 0.25) is 5.02 Å². The molecule has 0 spiro atoms. The lowest BCUT2D eigenvalue weighted by Gasteiger charge is -2.35. The molecule has 0 radical (unpaired) electrons. The molecule has 4 aromatic rings. The number of anilines is 1. The molecule has 1 N–H and O–H groups in total. The number of hydrogen-bond donors (Lipinski definition) is 1. The molecule has 0 heterocycles. The molecule has 250 valence electrons. The van der Waals surface area contributed by atoms with Crippen molar-refractivity contribution < 1.29 is 22.9 Å². The lowest BCUT2D eigenvalue weighted by Crippen LogP contribution is -2.55. The topological polar surface area (TPSA) is 130 Å². The number of rotatable bonds is 13. The van der Waals surface area contributed by atoms with Crippen LogP contribution in [-0.4, -0.2) is 48.7 Å². The van der Waals surface area contributed by atoms with E-state index in [4.69, 9.17) is 11.6 Å². The van der Waals surface area contributed by atoms with Crippen molar-refractivity contribution in [3.05, 3.63) is 135 Å². The predicted octanol–water partition coefficient (Wildman–Crippen LogP) is 6.53. The van der Waals surface area contributed by atoms with Gasteiger partial charge in [-0.3, -0.25) is 24.0 Å². The molecule has 1 aliphatic carbocycles. The summed E-state index contributed by atoms with van der Waals surface area (Å²) in [6.45, 7) is -0.728. The Morgan fingerprint density at radius 2 is 1.50 bits per heavy atom. The Balaban J connectivity index is 1.57. The smallest absolute Gasteiger partial charge is 0.271 e. The van der Waals surface area contributed by atoms with Gasteiger partial charge >= 0.3 is 0 Å². The number of benzene rings is 4. The SMILES string of the molecule is O=C(NC1CCCCC1)[C@@H](Cc1ccccc1)N(Cc1ccc(Cl)cc1)C(=O)CN(c1cccc([N+](=O)[O-])c1)S(=O)(=O)c1ccccc1. The van der Waals surface area contributed by atoms with Crippen LogP contribution in [0.3, 0.4) is 0 Å². The van der Waals surface area contributed by atoms with Crippen LogP contribution in [0.5, 0.6) is 0 Å². The van der Waals surface area contributed by atoms with Crippen molar-refractivity contribution in [2.45, 2.75) is 62.0 Å². The maximum absolute atomic E-state index is 14.6. The maximum Gasteiger partial charge on any atom is 0.271 e. The fraction of sp³-hybridized carbons (Fsp3) is 0.278. The summed E-state index contributed by atoms with van der Waals surface area (Å²) in [4.78, 5) is 41.1. The van der Waals surface area contributed by atoms with E-state index in [1.165, 1.54) is 35.2 Å². The highest BCUT2D eigenvalue weighted by atomic mass is 35.5. The molecule has 0 aliphatic heterocycles. The first kappa shape index (κ1) is 34.6. The largest absolute Gasteiger partial charge is 0.352 e. The number of carbonyl (C=O) groups is 2. The lowest BCUT2D eigenvalue weighted by atomic mass is 9.94. The zero-order chi connectivity index (χ0) is 34.1. The molecule has 12 heteroatoms. The summed E-state index contributed by atoms with van der Waals surface area (Å²) in [7, 11) is -4.39. The van der Waals surface area contributed by atoms with Crippen LogP contribution < -0.4 is 9.62 Å². The number of sulfonamides is 1. The minimum absolute atomic E-state index is 0.0141. The Labute approximate surface area is 285 Å². The van der Waals surface area contributed by atoms with Crippen molar-refractivity contribution in [2.75, 3.05) is 10.8 Å². The average molecular weight is 689 g/mol. The molecular formula is C36H37ClN4O6S. The Morgan fingerprint density at radius 1 is 0.854 bits per heavy atom. The Kier molecular flexibility index (Phi) is 11.5. The summed E-state index contributed by atoms with van der Waals surface area (Å²) in [6.07, 6.45) is 4.95. The van der Waals surface area contributed by atoms with E-state index in [0.29, 0.717) is 10.6 Å². The van der Waals surface area contributed by atoms with Gasteiger partial charge in [-0.25, -0.2) is 8.42 Å². The van der Waals surface area contributed by atoms with Gasteiger partial charge in [-0.1, -0.05) is 97.6 Å². The second kappa shape index (κ2) is 15.9. The molecule has 0 unspecified atom stereocenters. The first-order valence-electron chi connectivity index (χ1n) is 15.8. The highest BCUT2D eigenvalue weighted by molar-refractivity contribution is 7.92. The minimum atomic E-state index is -4.39.